The SMILES string of the molecule is CCn1nc(C)cc1C(=O)N(C)c1ccc(C)c(Cl)c1. The van der Waals surface area contributed by atoms with Crippen molar-refractivity contribution in [2.45, 2.75) is 27.3 Å². The summed E-state index contributed by atoms with van der Waals surface area (Å²) in [7, 11) is 1.74. The van der Waals surface area contributed by atoms with Crippen molar-refractivity contribution < 1.29 is 4.79 Å². The van der Waals surface area contributed by atoms with Crippen LogP contribution in [0.25, 0.3) is 0 Å². The van der Waals surface area contributed by atoms with E-state index in [0.717, 1.165) is 16.9 Å². The summed E-state index contributed by atoms with van der Waals surface area (Å²) >= 11 is 6.12. The van der Waals surface area contributed by atoms with Gasteiger partial charge in [0.1, 0.15) is 5.69 Å². The summed E-state index contributed by atoms with van der Waals surface area (Å²) in [4.78, 5) is 14.1. The first-order valence-electron chi connectivity index (χ1n) is 6.52. The van der Waals surface area contributed by atoms with Crippen molar-refractivity contribution in [2.24, 2.45) is 0 Å². The molecule has 106 valence electrons. The molecule has 5 heteroatoms. The number of anilines is 1. The third-order valence-corrected chi connectivity index (χ3v) is 3.68. The van der Waals surface area contributed by atoms with Crippen molar-refractivity contribution in [2.75, 3.05) is 11.9 Å². The van der Waals surface area contributed by atoms with Crippen LogP contribution in [0.5, 0.6) is 0 Å². The van der Waals surface area contributed by atoms with E-state index in [-0.39, 0.29) is 5.91 Å². The number of hydrogen-bond acceptors (Lipinski definition) is 2. The fourth-order valence-electron chi connectivity index (χ4n) is 2.04. The van der Waals surface area contributed by atoms with Gasteiger partial charge in [-0.1, -0.05) is 17.7 Å². The Hall–Kier alpha value is -1.81. The van der Waals surface area contributed by atoms with E-state index in [4.69, 9.17) is 11.6 Å². The van der Waals surface area contributed by atoms with E-state index in [2.05, 4.69) is 5.10 Å². The Morgan fingerprint density at radius 3 is 2.65 bits per heavy atom. The number of nitrogens with zero attached hydrogens (tertiary/aromatic N) is 3. The molecule has 2 aromatic rings. The number of carbonyl (C=O) groups is 1. The standard InChI is InChI=1S/C15H18ClN3O/c1-5-19-14(8-11(3)17-19)15(20)18(4)12-7-6-10(2)13(16)9-12/h6-9H,5H2,1-4H3. The van der Waals surface area contributed by atoms with E-state index in [1.807, 2.05) is 32.9 Å². The zero-order valence-electron chi connectivity index (χ0n) is 12.1. The summed E-state index contributed by atoms with van der Waals surface area (Å²) in [5.74, 6) is -0.0904. The van der Waals surface area contributed by atoms with Gasteiger partial charge in [0.05, 0.1) is 5.69 Å². The molecule has 0 saturated carbocycles. The van der Waals surface area contributed by atoms with Crippen LogP contribution < -0.4 is 4.90 Å². The van der Waals surface area contributed by atoms with Gasteiger partial charge in [0, 0.05) is 24.3 Å². The summed E-state index contributed by atoms with van der Waals surface area (Å²) in [6.45, 7) is 6.44. The zero-order chi connectivity index (χ0) is 14.9. The molecular weight excluding hydrogens is 274 g/mol. The smallest absolute Gasteiger partial charge is 0.276 e. The molecule has 0 spiro atoms. The van der Waals surface area contributed by atoms with Gasteiger partial charge in [0.2, 0.25) is 0 Å². The largest absolute Gasteiger partial charge is 0.310 e. The number of halogens is 1. The summed E-state index contributed by atoms with van der Waals surface area (Å²) in [6.07, 6.45) is 0. The van der Waals surface area contributed by atoms with Gasteiger partial charge in [-0.3, -0.25) is 9.48 Å². The first kappa shape index (κ1) is 14.6. The van der Waals surface area contributed by atoms with Crippen LogP contribution in [-0.2, 0) is 6.54 Å². The molecule has 0 saturated heterocycles. The topological polar surface area (TPSA) is 38.1 Å². The highest BCUT2D eigenvalue weighted by Crippen LogP contribution is 2.23. The maximum Gasteiger partial charge on any atom is 0.276 e. The van der Waals surface area contributed by atoms with Crippen LogP contribution in [0.1, 0.15) is 28.7 Å². The molecule has 0 aliphatic carbocycles. The highest BCUT2D eigenvalue weighted by Gasteiger charge is 2.19. The predicted molar refractivity (Wildman–Crippen MR) is 81.6 cm³/mol. The third kappa shape index (κ3) is 2.70. The predicted octanol–water partition coefficient (Wildman–Crippen LogP) is 3.45. The fraction of sp³-hybridized carbons (Fsp3) is 0.333. The first-order valence-corrected chi connectivity index (χ1v) is 6.90. The Kier molecular flexibility index (Phi) is 4.14. The summed E-state index contributed by atoms with van der Waals surface area (Å²) < 4.78 is 1.71. The molecule has 0 radical (unpaired) electrons. The molecule has 0 fully saturated rings. The molecule has 2 rings (SSSR count). The quantitative estimate of drug-likeness (QED) is 0.869. The van der Waals surface area contributed by atoms with Crippen LogP contribution in [0.4, 0.5) is 5.69 Å². The zero-order valence-corrected chi connectivity index (χ0v) is 12.9. The maximum atomic E-state index is 12.6. The first-order chi connectivity index (χ1) is 9.43. The van der Waals surface area contributed by atoms with Gasteiger partial charge in [0.15, 0.2) is 0 Å². The van der Waals surface area contributed by atoms with Gasteiger partial charge < -0.3 is 4.90 Å². The molecule has 1 aromatic carbocycles. The van der Waals surface area contributed by atoms with Crippen LogP contribution >= 0.6 is 11.6 Å². The number of carbonyl (C=O) groups excluding carboxylic acids is 1. The van der Waals surface area contributed by atoms with Crippen LogP contribution in [0.3, 0.4) is 0 Å². The van der Waals surface area contributed by atoms with Crippen molar-refractivity contribution in [1.29, 1.82) is 0 Å². The highest BCUT2D eigenvalue weighted by atomic mass is 35.5. The van der Waals surface area contributed by atoms with Crippen molar-refractivity contribution in [3.8, 4) is 0 Å². The lowest BCUT2D eigenvalue weighted by molar-refractivity contribution is 0.0983. The van der Waals surface area contributed by atoms with E-state index in [1.165, 1.54) is 0 Å². The lowest BCUT2D eigenvalue weighted by atomic mass is 10.2. The Balaban J connectivity index is 2.34. The Morgan fingerprint density at radius 2 is 2.05 bits per heavy atom. The number of rotatable bonds is 3. The molecule has 1 amide bonds. The van der Waals surface area contributed by atoms with E-state index >= 15 is 0 Å². The van der Waals surface area contributed by atoms with Crippen molar-refractivity contribution >= 4 is 23.2 Å². The van der Waals surface area contributed by atoms with Gasteiger partial charge in [0.25, 0.3) is 5.91 Å². The maximum absolute atomic E-state index is 12.6. The van der Waals surface area contributed by atoms with Crippen molar-refractivity contribution in [3.63, 3.8) is 0 Å². The second-order valence-electron chi connectivity index (χ2n) is 4.78. The molecule has 0 N–H and O–H groups in total. The van der Waals surface area contributed by atoms with Gasteiger partial charge in [-0.05, 0) is 44.5 Å². The van der Waals surface area contributed by atoms with Crippen molar-refractivity contribution in [3.05, 3.63) is 46.2 Å². The Labute approximate surface area is 124 Å². The Morgan fingerprint density at radius 1 is 1.35 bits per heavy atom. The monoisotopic (exact) mass is 291 g/mol. The highest BCUT2D eigenvalue weighted by molar-refractivity contribution is 6.31. The van der Waals surface area contributed by atoms with Crippen LogP contribution in [0.2, 0.25) is 5.02 Å². The summed E-state index contributed by atoms with van der Waals surface area (Å²) in [6, 6.07) is 7.40. The molecule has 1 heterocycles. The normalized spacial score (nSPS) is 10.7. The lowest BCUT2D eigenvalue weighted by Gasteiger charge is -2.18. The van der Waals surface area contributed by atoms with Crippen LogP contribution in [-0.4, -0.2) is 22.7 Å². The number of amides is 1. The van der Waals surface area contributed by atoms with Crippen LogP contribution in [0.15, 0.2) is 24.3 Å². The second-order valence-corrected chi connectivity index (χ2v) is 5.19. The molecule has 0 aliphatic rings. The number of benzene rings is 1. The molecule has 0 unspecified atom stereocenters. The molecule has 0 atom stereocenters. The number of aromatic nitrogens is 2. The van der Waals surface area contributed by atoms with E-state index < -0.39 is 0 Å². The summed E-state index contributed by atoms with van der Waals surface area (Å²) in [5, 5.41) is 4.96. The van der Waals surface area contributed by atoms with E-state index in [0.29, 0.717) is 17.3 Å². The second kappa shape index (κ2) is 5.67. The van der Waals surface area contributed by atoms with Crippen LogP contribution in [0, 0.1) is 13.8 Å². The molecular formula is C15H18ClN3O. The number of hydrogen-bond donors (Lipinski definition) is 0. The average molecular weight is 292 g/mol. The minimum atomic E-state index is -0.0904. The van der Waals surface area contributed by atoms with E-state index in [9.17, 15) is 4.79 Å². The van der Waals surface area contributed by atoms with Gasteiger partial charge in [-0.25, -0.2) is 0 Å². The molecule has 20 heavy (non-hydrogen) atoms. The minimum absolute atomic E-state index is 0.0904. The lowest BCUT2D eigenvalue weighted by Crippen LogP contribution is -2.28. The fourth-order valence-corrected chi connectivity index (χ4v) is 2.21. The Bertz CT molecular complexity index is 649. The average Bonchev–Trinajstić information content (AvgIpc) is 2.81. The van der Waals surface area contributed by atoms with Gasteiger partial charge in [-0.15, -0.1) is 0 Å². The molecule has 0 aliphatic heterocycles. The van der Waals surface area contributed by atoms with Gasteiger partial charge in [-0.2, -0.15) is 5.10 Å². The molecule has 4 nitrogen and oxygen atoms in total. The molecule has 1 aromatic heterocycles. The number of aryl methyl sites for hydroxylation is 3. The van der Waals surface area contributed by atoms with Crippen molar-refractivity contribution in [1.82, 2.24) is 9.78 Å². The molecule has 0 bridgehead atoms. The summed E-state index contributed by atoms with van der Waals surface area (Å²) in [5.41, 5.74) is 3.19. The van der Waals surface area contributed by atoms with Gasteiger partial charge >= 0.3 is 0 Å². The third-order valence-electron chi connectivity index (χ3n) is 3.27. The minimum Gasteiger partial charge on any atom is -0.310 e. The van der Waals surface area contributed by atoms with E-state index in [1.54, 1.807) is 28.8 Å².